The van der Waals surface area contributed by atoms with E-state index in [2.05, 4.69) is 0 Å². The second-order valence-corrected chi connectivity index (χ2v) is 4.65. The van der Waals surface area contributed by atoms with E-state index in [1.54, 1.807) is 12.1 Å². The van der Waals surface area contributed by atoms with Gasteiger partial charge in [0, 0.05) is 11.1 Å². The molecule has 0 unspecified atom stereocenters. The lowest BCUT2D eigenvalue weighted by Gasteiger charge is -2.10. The number of carbonyl (C=O) groups excluding carboxylic acids is 1. The van der Waals surface area contributed by atoms with Gasteiger partial charge in [0.1, 0.15) is 5.75 Å². The number of carboxylic acids is 1. The van der Waals surface area contributed by atoms with E-state index in [0.717, 1.165) is 12.0 Å². The summed E-state index contributed by atoms with van der Waals surface area (Å²) in [7, 11) is 1.51. The number of hydrogen-bond acceptors (Lipinski definition) is 3. The Hall–Kier alpha value is -2.10. The molecule has 4 nitrogen and oxygen atoms in total. The molecule has 0 saturated heterocycles. The Morgan fingerprint density at radius 1 is 1.21 bits per heavy atom. The molecule has 1 N–H and O–H groups in total. The zero-order chi connectivity index (χ0) is 14.0. The number of Topliss-reactive ketones (excluding diaryl/α,β-unsaturated/α-hetero) is 1. The maximum Gasteiger partial charge on any atom is 0.331 e. The summed E-state index contributed by atoms with van der Waals surface area (Å²) < 4.78 is 5.21. The summed E-state index contributed by atoms with van der Waals surface area (Å²) in [6, 6.07) is 5.30. The zero-order valence-electron chi connectivity index (χ0n) is 11.0. The van der Waals surface area contributed by atoms with Gasteiger partial charge >= 0.3 is 5.97 Å². The van der Waals surface area contributed by atoms with E-state index < -0.39 is 5.97 Å². The SMILES string of the molecule is COc1cc(C)ccc1C(=O)C1=C(C(=O)O)CCC1. The van der Waals surface area contributed by atoms with Crippen molar-refractivity contribution in [1.82, 2.24) is 0 Å². The largest absolute Gasteiger partial charge is 0.496 e. The van der Waals surface area contributed by atoms with E-state index in [-0.39, 0.29) is 11.4 Å². The van der Waals surface area contributed by atoms with E-state index in [1.807, 2.05) is 13.0 Å². The minimum atomic E-state index is -0.994. The number of benzene rings is 1. The molecule has 1 aliphatic rings. The number of aliphatic carboxylic acids is 1. The fraction of sp³-hybridized carbons (Fsp3) is 0.333. The van der Waals surface area contributed by atoms with Crippen molar-refractivity contribution in [2.24, 2.45) is 0 Å². The van der Waals surface area contributed by atoms with Gasteiger partial charge in [-0.15, -0.1) is 0 Å². The van der Waals surface area contributed by atoms with E-state index in [1.165, 1.54) is 7.11 Å². The highest BCUT2D eigenvalue weighted by molar-refractivity contribution is 6.14. The molecule has 0 fully saturated rings. The fourth-order valence-electron chi connectivity index (χ4n) is 2.38. The number of aryl methyl sites for hydroxylation is 1. The van der Waals surface area contributed by atoms with Gasteiger partial charge in [0.05, 0.1) is 12.7 Å². The molecule has 1 aromatic carbocycles. The Morgan fingerprint density at radius 2 is 1.89 bits per heavy atom. The summed E-state index contributed by atoms with van der Waals surface area (Å²) in [5.74, 6) is -0.729. The van der Waals surface area contributed by atoms with Crippen molar-refractivity contribution in [3.8, 4) is 5.75 Å². The number of allylic oxidation sites excluding steroid dienone is 1. The van der Waals surface area contributed by atoms with E-state index >= 15 is 0 Å². The van der Waals surface area contributed by atoms with Crippen molar-refractivity contribution in [3.63, 3.8) is 0 Å². The van der Waals surface area contributed by atoms with Crippen LogP contribution in [0.15, 0.2) is 29.3 Å². The Kier molecular flexibility index (Phi) is 3.69. The Labute approximate surface area is 111 Å². The monoisotopic (exact) mass is 260 g/mol. The topological polar surface area (TPSA) is 63.6 Å². The molecule has 0 aromatic heterocycles. The molecule has 1 aromatic rings. The number of carbonyl (C=O) groups is 2. The summed E-state index contributed by atoms with van der Waals surface area (Å²) in [5.41, 5.74) is 2.08. The highest BCUT2D eigenvalue weighted by Gasteiger charge is 2.27. The van der Waals surface area contributed by atoms with Crippen molar-refractivity contribution >= 4 is 11.8 Å². The van der Waals surface area contributed by atoms with Crippen LogP contribution in [-0.2, 0) is 4.79 Å². The molecule has 0 spiro atoms. The molecule has 4 heteroatoms. The molecule has 2 rings (SSSR count). The molecule has 0 bridgehead atoms. The first-order valence-corrected chi connectivity index (χ1v) is 6.19. The van der Waals surface area contributed by atoms with Crippen LogP contribution < -0.4 is 4.74 Å². The van der Waals surface area contributed by atoms with Crippen LogP contribution in [0.5, 0.6) is 5.75 Å². The smallest absolute Gasteiger partial charge is 0.331 e. The minimum Gasteiger partial charge on any atom is -0.496 e. The average molecular weight is 260 g/mol. The Balaban J connectivity index is 2.45. The third-order valence-corrected chi connectivity index (χ3v) is 3.35. The first-order chi connectivity index (χ1) is 9.04. The normalized spacial score (nSPS) is 14.6. The molecule has 100 valence electrons. The number of ether oxygens (including phenoxy) is 1. The summed E-state index contributed by atoms with van der Waals surface area (Å²) in [4.78, 5) is 23.6. The lowest BCUT2D eigenvalue weighted by atomic mass is 9.98. The van der Waals surface area contributed by atoms with Crippen LogP contribution >= 0.6 is 0 Å². The lowest BCUT2D eigenvalue weighted by molar-refractivity contribution is -0.132. The predicted molar refractivity (Wildman–Crippen MR) is 70.6 cm³/mol. The van der Waals surface area contributed by atoms with Crippen LogP contribution in [-0.4, -0.2) is 24.0 Å². The standard InChI is InChI=1S/C15H16O4/c1-9-6-7-12(13(8-9)19-2)14(16)10-4-3-5-11(10)15(17)18/h6-8H,3-5H2,1-2H3,(H,17,18). The summed E-state index contributed by atoms with van der Waals surface area (Å²) in [6.45, 7) is 1.91. The van der Waals surface area contributed by atoms with Crippen molar-refractivity contribution in [2.45, 2.75) is 26.2 Å². The van der Waals surface area contributed by atoms with E-state index in [4.69, 9.17) is 9.84 Å². The molecular formula is C15H16O4. The molecule has 0 aliphatic heterocycles. The maximum absolute atomic E-state index is 12.5. The third kappa shape index (κ3) is 2.52. The second-order valence-electron chi connectivity index (χ2n) is 4.65. The zero-order valence-corrected chi connectivity index (χ0v) is 11.0. The molecular weight excluding hydrogens is 244 g/mol. The Bertz CT molecular complexity index is 570. The quantitative estimate of drug-likeness (QED) is 0.845. The first kappa shape index (κ1) is 13.3. The predicted octanol–water partition coefficient (Wildman–Crippen LogP) is 2.75. The number of carboxylic acid groups (broad SMARTS) is 1. The van der Waals surface area contributed by atoms with Gasteiger partial charge in [-0.3, -0.25) is 4.79 Å². The van der Waals surface area contributed by atoms with Crippen LogP contribution in [0.25, 0.3) is 0 Å². The van der Waals surface area contributed by atoms with E-state index in [9.17, 15) is 9.59 Å². The van der Waals surface area contributed by atoms with Gasteiger partial charge < -0.3 is 9.84 Å². The Morgan fingerprint density at radius 3 is 2.53 bits per heavy atom. The van der Waals surface area contributed by atoms with Crippen LogP contribution in [0.2, 0.25) is 0 Å². The first-order valence-electron chi connectivity index (χ1n) is 6.19. The third-order valence-electron chi connectivity index (χ3n) is 3.35. The van der Waals surface area contributed by atoms with Gasteiger partial charge in [-0.05, 0) is 43.9 Å². The van der Waals surface area contributed by atoms with Gasteiger partial charge in [-0.1, -0.05) is 6.07 Å². The number of hydrogen-bond donors (Lipinski definition) is 1. The average Bonchev–Trinajstić information content (AvgIpc) is 2.87. The summed E-state index contributed by atoms with van der Waals surface area (Å²) in [5, 5.41) is 9.11. The highest BCUT2D eigenvalue weighted by atomic mass is 16.5. The van der Waals surface area contributed by atoms with Gasteiger partial charge in [-0.25, -0.2) is 4.79 Å². The van der Waals surface area contributed by atoms with Crippen LogP contribution in [0.1, 0.15) is 35.2 Å². The fourth-order valence-corrected chi connectivity index (χ4v) is 2.38. The highest BCUT2D eigenvalue weighted by Crippen LogP contribution is 2.31. The van der Waals surface area contributed by atoms with Crippen molar-refractivity contribution < 1.29 is 19.4 Å². The minimum absolute atomic E-state index is 0.230. The van der Waals surface area contributed by atoms with Crippen LogP contribution in [0.4, 0.5) is 0 Å². The van der Waals surface area contributed by atoms with Gasteiger partial charge in [-0.2, -0.15) is 0 Å². The number of methoxy groups -OCH3 is 1. The van der Waals surface area contributed by atoms with E-state index in [0.29, 0.717) is 29.7 Å². The van der Waals surface area contributed by atoms with Crippen LogP contribution in [0.3, 0.4) is 0 Å². The molecule has 19 heavy (non-hydrogen) atoms. The molecule has 0 amide bonds. The summed E-state index contributed by atoms with van der Waals surface area (Å²) in [6.07, 6.45) is 1.71. The van der Waals surface area contributed by atoms with Gasteiger partial charge in [0.2, 0.25) is 0 Å². The number of ketones is 1. The maximum atomic E-state index is 12.5. The van der Waals surface area contributed by atoms with Crippen molar-refractivity contribution in [2.75, 3.05) is 7.11 Å². The molecule has 0 saturated carbocycles. The second kappa shape index (κ2) is 5.26. The molecule has 1 aliphatic carbocycles. The molecule has 0 atom stereocenters. The molecule has 0 radical (unpaired) electrons. The van der Waals surface area contributed by atoms with Crippen LogP contribution in [0, 0.1) is 6.92 Å². The van der Waals surface area contributed by atoms with Crippen molar-refractivity contribution in [1.29, 1.82) is 0 Å². The van der Waals surface area contributed by atoms with Gasteiger partial charge in [0.15, 0.2) is 5.78 Å². The lowest BCUT2D eigenvalue weighted by Crippen LogP contribution is -2.09. The summed E-state index contributed by atoms with van der Waals surface area (Å²) >= 11 is 0. The number of rotatable bonds is 4. The van der Waals surface area contributed by atoms with Crippen molar-refractivity contribution in [3.05, 3.63) is 40.5 Å². The molecule has 0 heterocycles. The van der Waals surface area contributed by atoms with Gasteiger partial charge in [0.25, 0.3) is 0 Å².